The largest absolute Gasteiger partial charge is 0.481 e. The molecule has 2 N–H and O–H groups in total. The molecule has 0 amide bonds. The number of pyridine rings is 1. The van der Waals surface area contributed by atoms with Crippen molar-refractivity contribution in [2.45, 2.75) is 17.4 Å². The van der Waals surface area contributed by atoms with Gasteiger partial charge in [0.25, 0.3) is 0 Å². The number of carbonyl (C=O) groups is 2. The number of hydrogen-bond donors (Lipinski definition) is 2. The molecule has 0 bridgehead atoms. The topological polar surface area (TPSA) is 87.5 Å². The fourth-order valence-electron chi connectivity index (χ4n) is 2.96. The molecule has 0 aliphatic carbocycles. The number of hydrogen-bond acceptors (Lipinski definition) is 5. The monoisotopic (exact) mass is 511 g/mol. The zero-order valence-electron chi connectivity index (χ0n) is 18.1. The summed E-state index contributed by atoms with van der Waals surface area (Å²) in [7, 11) is 0. The van der Waals surface area contributed by atoms with E-state index in [0.29, 0.717) is 27.9 Å². The van der Waals surface area contributed by atoms with Crippen LogP contribution in [0.3, 0.4) is 0 Å². The predicted molar refractivity (Wildman–Crippen MR) is 139 cm³/mol. The first-order valence-electron chi connectivity index (χ1n) is 10.4. The van der Waals surface area contributed by atoms with E-state index in [1.807, 2.05) is 54.6 Å². The van der Waals surface area contributed by atoms with Gasteiger partial charge in [0.2, 0.25) is 0 Å². The highest BCUT2D eigenvalue weighted by Gasteiger charge is 2.15. The normalized spacial score (nSPS) is 10.5. The Morgan fingerprint density at radius 3 is 2.21 bits per heavy atom. The number of aromatic nitrogens is 1. The number of carboxylic acids is 2. The Bertz CT molecular complexity index is 1190. The maximum atomic E-state index is 10.9. The number of halogens is 1. The van der Waals surface area contributed by atoms with Crippen molar-refractivity contribution < 1.29 is 19.8 Å². The third kappa shape index (κ3) is 8.14. The van der Waals surface area contributed by atoms with Crippen molar-refractivity contribution in [3.8, 4) is 23.1 Å². The summed E-state index contributed by atoms with van der Waals surface area (Å²) in [5.41, 5.74) is 3.94. The van der Waals surface area contributed by atoms with Crippen LogP contribution in [0.2, 0.25) is 5.02 Å². The molecule has 0 fully saturated rings. The minimum Gasteiger partial charge on any atom is -0.481 e. The number of thioether (sulfide) groups is 2. The fraction of sp³-hybridized carbons (Fsp3) is 0.192. The molecule has 34 heavy (non-hydrogen) atoms. The molecule has 0 spiro atoms. The molecule has 0 radical (unpaired) electrons. The van der Waals surface area contributed by atoms with Crippen molar-refractivity contribution in [3.63, 3.8) is 0 Å². The number of benzene rings is 2. The highest BCUT2D eigenvalue weighted by molar-refractivity contribution is 8.16. The molecular formula is C26H22ClNO4S2. The van der Waals surface area contributed by atoms with Crippen LogP contribution in [0.1, 0.15) is 34.2 Å². The molecular weight excluding hydrogens is 490 g/mol. The van der Waals surface area contributed by atoms with Crippen molar-refractivity contribution in [1.82, 2.24) is 4.98 Å². The lowest BCUT2D eigenvalue weighted by molar-refractivity contribution is -0.137. The maximum absolute atomic E-state index is 10.9. The zero-order chi connectivity index (χ0) is 24.3. The van der Waals surface area contributed by atoms with Crippen LogP contribution in [-0.4, -0.2) is 38.6 Å². The SMILES string of the molecule is O=C(O)CCSC(SCCC(=O)O)c1cccc(C#Cc2ccc(Cl)c(-c3ccccc3)n2)c1. The van der Waals surface area contributed by atoms with Crippen LogP contribution in [0.15, 0.2) is 66.7 Å². The lowest BCUT2D eigenvalue weighted by atomic mass is 10.1. The van der Waals surface area contributed by atoms with E-state index >= 15 is 0 Å². The van der Waals surface area contributed by atoms with Crippen LogP contribution in [-0.2, 0) is 9.59 Å². The third-order valence-electron chi connectivity index (χ3n) is 4.56. The molecule has 0 aliphatic rings. The summed E-state index contributed by atoms with van der Waals surface area (Å²) >= 11 is 9.32. The summed E-state index contributed by atoms with van der Waals surface area (Å²) in [5, 5.41) is 18.4. The van der Waals surface area contributed by atoms with Gasteiger partial charge in [0.15, 0.2) is 0 Å². The summed E-state index contributed by atoms with van der Waals surface area (Å²) < 4.78 is -0.0845. The van der Waals surface area contributed by atoms with Gasteiger partial charge in [0.05, 0.1) is 28.1 Å². The molecule has 1 heterocycles. The first-order valence-corrected chi connectivity index (χ1v) is 12.9. The van der Waals surface area contributed by atoms with Crippen LogP contribution in [0, 0.1) is 11.8 Å². The Morgan fingerprint density at radius 2 is 1.56 bits per heavy atom. The summed E-state index contributed by atoms with van der Waals surface area (Å²) in [6.45, 7) is 0. The highest BCUT2D eigenvalue weighted by atomic mass is 35.5. The van der Waals surface area contributed by atoms with E-state index in [2.05, 4.69) is 16.8 Å². The predicted octanol–water partition coefficient (Wildman–Crippen LogP) is 6.22. The number of carboxylic acid groups (broad SMARTS) is 2. The van der Waals surface area contributed by atoms with E-state index in [4.69, 9.17) is 21.8 Å². The Morgan fingerprint density at radius 1 is 0.882 bits per heavy atom. The molecule has 8 heteroatoms. The van der Waals surface area contributed by atoms with Gasteiger partial charge in [-0.25, -0.2) is 4.98 Å². The average Bonchev–Trinajstić information content (AvgIpc) is 2.83. The number of aliphatic carboxylic acids is 2. The molecule has 1 aromatic heterocycles. The van der Waals surface area contributed by atoms with E-state index < -0.39 is 11.9 Å². The van der Waals surface area contributed by atoms with Gasteiger partial charge in [-0.1, -0.05) is 60.0 Å². The summed E-state index contributed by atoms with van der Waals surface area (Å²) in [4.78, 5) is 26.4. The molecule has 0 saturated heterocycles. The van der Waals surface area contributed by atoms with Gasteiger partial charge in [-0.15, -0.1) is 23.5 Å². The standard InChI is InChI=1S/C26H22ClNO4S2/c27-22-12-11-21(28-25(22)19-6-2-1-3-7-19)10-9-18-5-4-8-20(17-18)26(33-15-13-23(29)30)34-16-14-24(31)32/h1-8,11-12,17,26H,13-16H2,(H,29,30)(H,31,32). The van der Waals surface area contributed by atoms with Crippen LogP contribution < -0.4 is 0 Å². The van der Waals surface area contributed by atoms with Gasteiger partial charge in [-0.3, -0.25) is 9.59 Å². The van der Waals surface area contributed by atoms with Crippen molar-refractivity contribution in [2.24, 2.45) is 0 Å². The third-order valence-corrected chi connectivity index (χ3v) is 7.71. The molecule has 0 unspecified atom stereocenters. The summed E-state index contributed by atoms with van der Waals surface area (Å²) in [6, 6.07) is 20.9. The maximum Gasteiger partial charge on any atom is 0.304 e. The van der Waals surface area contributed by atoms with Gasteiger partial charge in [0, 0.05) is 22.6 Å². The first kappa shape index (κ1) is 25.7. The van der Waals surface area contributed by atoms with E-state index in [1.54, 1.807) is 12.1 Å². The molecule has 2 aromatic carbocycles. The lowest BCUT2D eigenvalue weighted by Crippen LogP contribution is -2.01. The van der Waals surface area contributed by atoms with Gasteiger partial charge in [-0.05, 0) is 35.7 Å². The highest BCUT2D eigenvalue weighted by Crippen LogP contribution is 2.40. The number of nitrogens with zero attached hydrogens (tertiary/aromatic N) is 1. The molecule has 3 aromatic rings. The van der Waals surface area contributed by atoms with E-state index in [-0.39, 0.29) is 17.4 Å². The second-order valence-electron chi connectivity index (χ2n) is 7.13. The Hall–Kier alpha value is -2.92. The quantitative estimate of drug-likeness (QED) is 0.247. The van der Waals surface area contributed by atoms with Crippen LogP contribution in [0.4, 0.5) is 0 Å². The van der Waals surface area contributed by atoms with E-state index in [0.717, 1.165) is 16.7 Å². The Kier molecular flexibility index (Phi) is 9.89. The second-order valence-corrected chi connectivity index (χ2v) is 10.3. The minimum atomic E-state index is -0.855. The lowest BCUT2D eigenvalue weighted by Gasteiger charge is -2.16. The molecule has 3 rings (SSSR count). The smallest absolute Gasteiger partial charge is 0.304 e. The molecule has 0 atom stereocenters. The van der Waals surface area contributed by atoms with Crippen molar-refractivity contribution in [1.29, 1.82) is 0 Å². The first-order chi connectivity index (χ1) is 16.4. The van der Waals surface area contributed by atoms with Crippen LogP contribution in [0.25, 0.3) is 11.3 Å². The van der Waals surface area contributed by atoms with Crippen molar-refractivity contribution in [2.75, 3.05) is 11.5 Å². The zero-order valence-corrected chi connectivity index (χ0v) is 20.5. The van der Waals surface area contributed by atoms with Crippen molar-refractivity contribution >= 4 is 47.1 Å². The summed E-state index contributed by atoms with van der Waals surface area (Å²) in [6.07, 6.45) is 0.0955. The second kappa shape index (κ2) is 13.1. The van der Waals surface area contributed by atoms with Gasteiger partial charge < -0.3 is 10.2 Å². The Balaban J connectivity index is 1.80. The van der Waals surface area contributed by atoms with E-state index in [1.165, 1.54) is 23.5 Å². The molecule has 174 valence electrons. The summed E-state index contributed by atoms with van der Waals surface area (Å²) in [5.74, 6) is 5.40. The van der Waals surface area contributed by atoms with Gasteiger partial charge in [0.1, 0.15) is 5.69 Å². The number of rotatable bonds is 10. The molecule has 0 aliphatic heterocycles. The minimum absolute atomic E-state index is 0.0478. The van der Waals surface area contributed by atoms with Crippen molar-refractivity contribution in [3.05, 3.63) is 88.6 Å². The fourth-order valence-corrected chi connectivity index (χ4v) is 5.82. The Labute approximate surface area is 212 Å². The van der Waals surface area contributed by atoms with Crippen LogP contribution >= 0.6 is 35.1 Å². The van der Waals surface area contributed by atoms with Gasteiger partial charge >= 0.3 is 11.9 Å². The van der Waals surface area contributed by atoms with E-state index in [9.17, 15) is 9.59 Å². The average molecular weight is 512 g/mol. The van der Waals surface area contributed by atoms with Gasteiger partial charge in [-0.2, -0.15) is 0 Å². The molecule has 5 nitrogen and oxygen atoms in total. The van der Waals surface area contributed by atoms with Crippen LogP contribution in [0.5, 0.6) is 0 Å². The molecule has 0 saturated carbocycles.